The Balaban J connectivity index is 3.26. The molecule has 0 unspecified atom stereocenters. The molecule has 0 N–H and O–H groups in total. The first-order chi connectivity index (χ1) is 3.81. The van der Waals surface area contributed by atoms with Crippen LogP contribution in [0.4, 0.5) is 0 Å². The first-order valence-corrected chi connectivity index (χ1v) is 3.24. The van der Waals surface area contributed by atoms with Crippen molar-refractivity contribution >= 4 is 0 Å². The monoisotopic (exact) mass is 111 g/mol. The van der Waals surface area contributed by atoms with E-state index in [1.807, 2.05) is 0 Å². The lowest BCUT2D eigenvalue weighted by Gasteiger charge is -1.91. The van der Waals surface area contributed by atoms with Crippen LogP contribution in [0.25, 0.3) is 0 Å². The molecule has 0 aliphatic heterocycles. The Bertz CT molecular complexity index is 70.1. The van der Waals surface area contributed by atoms with E-state index in [0.29, 0.717) is 0 Å². The summed E-state index contributed by atoms with van der Waals surface area (Å²) < 4.78 is 0. The summed E-state index contributed by atoms with van der Waals surface area (Å²) in [5.41, 5.74) is 1.49. The van der Waals surface area contributed by atoms with E-state index in [1.165, 1.54) is 12.0 Å². The van der Waals surface area contributed by atoms with Crippen molar-refractivity contribution in [3.8, 4) is 0 Å². The van der Waals surface area contributed by atoms with Gasteiger partial charge in [0.1, 0.15) is 0 Å². The highest BCUT2D eigenvalue weighted by Crippen LogP contribution is 2.00. The molecule has 0 fully saturated rings. The van der Waals surface area contributed by atoms with Crippen LogP contribution < -0.4 is 0 Å². The quantitative estimate of drug-likeness (QED) is 0.491. The molecule has 0 aromatic carbocycles. The summed E-state index contributed by atoms with van der Waals surface area (Å²) in [7, 11) is 0. The van der Waals surface area contributed by atoms with Gasteiger partial charge in [-0.05, 0) is 26.2 Å². The molecule has 0 nitrogen and oxygen atoms in total. The fourth-order valence-corrected chi connectivity index (χ4v) is 0.463. The van der Waals surface area contributed by atoms with Crippen LogP contribution >= 0.6 is 0 Å². The molecule has 0 aliphatic rings. The lowest BCUT2D eigenvalue weighted by molar-refractivity contribution is 1.06. The SMILES string of the molecule is C[CH]CC=C(C)CC. The molecule has 0 saturated heterocycles. The third kappa shape index (κ3) is 3.91. The Morgan fingerprint density at radius 2 is 2.12 bits per heavy atom. The van der Waals surface area contributed by atoms with Crippen LogP contribution in [0, 0.1) is 6.42 Å². The molecule has 0 bridgehead atoms. The summed E-state index contributed by atoms with van der Waals surface area (Å²) in [6.07, 6.45) is 6.74. The maximum atomic E-state index is 2.26. The van der Waals surface area contributed by atoms with Gasteiger partial charge in [-0.1, -0.05) is 25.5 Å². The van der Waals surface area contributed by atoms with Crippen LogP contribution in [0.1, 0.15) is 33.6 Å². The Morgan fingerprint density at radius 1 is 1.50 bits per heavy atom. The van der Waals surface area contributed by atoms with Crippen molar-refractivity contribution in [1.29, 1.82) is 0 Å². The Kier molecular flexibility index (Phi) is 4.73. The van der Waals surface area contributed by atoms with E-state index < -0.39 is 0 Å². The van der Waals surface area contributed by atoms with Crippen molar-refractivity contribution in [3.05, 3.63) is 18.1 Å². The van der Waals surface area contributed by atoms with Gasteiger partial charge in [-0.3, -0.25) is 0 Å². The fraction of sp³-hybridized carbons (Fsp3) is 0.625. The van der Waals surface area contributed by atoms with Crippen molar-refractivity contribution in [3.63, 3.8) is 0 Å². The van der Waals surface area contributed by atoms with Gasteiger partial charge in [-0.15, -0.1) is 0 Å². The third-order valence-electron chi connectivity index (χ3n) is 1.26. The van der Waals surface area contributed by atoms with E-state index >= 15 is 0 Å². The molecule has 0 heterocycles. The molecule has 0 aromatic rings. The van der Waals surface area contributed by atoms with E-state index in [1.54, 1.807) is 0 Å². The Hall–Kier alpha value is -0.260. The minimum Gasteiger partial charge on any atom is -0.0853 e. The zero-order valence-corrected chi connectivity index (χ0v) is 6.07. The van der Waals surface area contributed by atoms with E-state index in [2.05, 4.69) is 33.3 Å². The molecule has 0 amide bonds. The van der Waals surface area contributed by atoms with E-state index in [-0.39, 0.29) is 0 Å². The van der Waals surface area contributed by atoms with Crippen LogP contribution in [0.15, 0.2) is 11.6 Å². The highest BCUT2D eigenvalue weighted by atomic mass is 13.9. The summed E-state index contributed by atoms with van der Waals surface area (Å²) in [4.78, 5) is 0. The average molecular weight is 111 g/mol. The largest absolute Gasteiger partial charge is 0.0853 e. The van der Waals surface area contributed by atoms with Crippen molar-refractivity contribution in [2.75, 3.05) is 0 Å². The normalized spacial score (nSPS) is 12.1. The standard InChI is InChI=1S/C8H15/c1-4-6-7-8(3)5-2/h4,7H,5-6H2,1-3H3. The van der Waals surface area contributed by atoms with Gasteiger partial charge in [0.2, 0.25) is 0 Å². The average Bonchev–Trinajstić information content (AvgIpc) is 1.83. The van der Waals surface area contributed by atoms with Gasteiger partial charge in [0.25, 0.3) is 0 Å². The van der Waals surface area contributed by atoms with Gasteiger partial charge in [0.15, 0.2) is 0 Å². The summed E-state index contributed by atoms with van der Waals surface area (Å²) in [5.74, 6) is 0. The Morgan fingerprint density at radius 3 is 2.50 bits per heavy atom. The minimum atomic E-state index is 1.12. The van der Waals surface area contributed by atoms with Crippen LogP contribution in [-0.2, 0) is 0 Å². The second kappa shape index (κ2) is 4.89. The second-order valence-corrected chi connectivity index (χ2v) is 2.05. The topological polar surface area (TPSA) is 0 Å². The molecule has 0 aliphatic carbocycles. The molecule has 47 valence electrons. The molecule has 0 rings (SSSR count). The van der Waals surface area contributed by atoms with Gasteiger partial charge in [-0.25, -0.2) is 0 Å². The summed E-state index contributed by atoms with van der Waals surface area (Å²) in [6, 6.07) is 0. The molecule has 0 heteroatoms. The van der Waals surface area contributed by atoms with Gasteiger partial charge < -0.3 is 0 Å². The second-order valence-electron chi connectivity index (χ2n) is 2.05. The predicted octanol–water partition coefficient (Wildman–Crippen LogP) is 2.96. The predicted molar refractivity (Wildman–Crippen MR) is 38.6 cm³/mol. The van der Waals surface area contributed by atoms with Gasteiger partial charge in [0.05, 0.1) is 0 Å². The van der Waals surface area contributed by atoms with E-state index in [4.69, 9.17) is 0 Å². The lowest BCUT2D eigenvalue weighted by atomic mass is 10.2. The summed E-state index contributed by atoms with van der Waals surface area (Å²) in [6.45, 7) is 6.43. The van der Waals surface area contributed by atoms with E-state index in [9.17, 15) is 0 Å². The van der Waals surface area contributed by atoms with Crippen molar-refractivity contribution < 1.29 is 0 Å². The van der Waals surface area contributed by atoms with Crippen molar-refractivity contribution in [2.24, 2.45) is 0 Å². The van der Waals surface area contributed by atoms with Crippen LogP contribution in [0.5, 0.6) is 0 Å². The maximum Gasteiger partial charge on any atom is -0.0320 e. The van der Waals surface area contributed by atoms with Crippen LogP contribution in [0.2, 0.25) is 0 Å². The molecular formula is C8H15. The smallest absolute Gasteiger partial charge is 0.0320 e. The third-order valence-corrected chi connectivity index (χ3v) is 1.26. The number of allylic oxidation sites excluding steroid dienone is 2. The van der Waals surface area contributed by atoms with Gasteiger partial charge >= 0.3 is 0 Å². The first-order valence-electron chi connectivity index (χ1n) is 3.24. The number of hydrogen-bond donors (Lipinski definition) is 0. The molecule has 0 spiro atoms. The Labute approximate surface area is 52.6 Å². The molecule has 0 aromatic heterocycles. The van der Waals surface area contributed by atoms with E-state index in [0.717, 1.165) is 6.42 Å². The molecule has 0 saturated carbocycles. The molecule has 8 heavy (non-hydrogen) atoms. The highest BCUT2D eigenvalue weighted by Gasteiger charge is 1.79. The van der Waals surface area contributed by atoms with Crippen LogP contribution in [-0.4, -0.2) is 0 Å². The number of rotatable bonds is 3. The lowest BCUT2D eigenvalue weighted by Crippen LogP contribution is -1.70. The first kappa shape index (κ1) is 7.74. The number of hydrogen-bond acceptors (Lipinski definition) is 0. The van der Waals surface area contributed by atoms with Crippen LogP contribution in [0.3, 0.4) is 0 Å². The zero-order valence-electron chi connectivity index (χ0n) is 6.07. The molecule has 0 atom stereocenters. The van der Waals surface area contributed by atoms with Crippen molar-refractivity contribution in [1.82, 2.24) is 0 Å². The molecular weight excluding hydrogens is 96.1 g/mol. The molecule has 1 radical (unpaired) electrons. The summed E-state index contributed by atoms with van der Waals surface area (Å²) in [5, 5.41) is 0. The summed E-state index contributed by atoms with van der Waals surface area (Å²) >= 11 is 0. The zero-order chi connectivity index (χ0) is 6.41. The number of unbranched alkanes of at least 4 members (excludes halogenated alkanes) is 1. The highest BCUT2D eigenvalue weighted by molar-refractivity contribution is 4.98. The van der Waals surface area contributed by atoms with Gasteiger partial charge in [0, 0.05) is 0 Å². The maximum absolute atomic E-state index is 2.26. The fourth-order valence-electron chi connectivity index (χ4n) is 0.463. The van der Waals surface area contributed by atoms with Crippen molar-refractivity contribution in [2.45, 2.75) is 33.6 Å². The minimum absolute atomic E-state index is 1.12. The van der Waals surface area contributed by atoms with Gasteiger partial charge in [-0.2, -0.15) is 0 Å².